The van der Waals surface area contributed by atoms with Gasteiger partial charge >= 0.3 is 5.97 Å². The van der Waals surface area contributed by atoms with Crippen LogP contribution in [0.1, 0.15) is 47.4 Å². The SMILES string of the molecule is CCCCNc1ccccc1C(=O)OCC(=O)Nc1ccc(C(C)=O)cc1. The van der Waals surface area contributed by atoms with Gasteiger partial charge in [-0.1, -0.05) is 25.5 Å². The summed E-state index contributed by atoms with van der Waals surface area (Å²) in [5.74, 6) is -1.06. The second kappa shape index (κ2) is 10.1. The maximum absolute atomic E-state index is 12.3. The van der Waals surface area contributed by atoms with Gasteiger partial charge in [0.25, 0.3) is 5.91 Å². The topological polar surface area (TPSA) is 84.5 Å². The quantitative estimate of drug-likeness (QED) is 0.398. The molecule has 0 saturated heterocycles. The van der Waals surface area contributed by atoms with Crippen LogP contribution in [0.2, 0.25) is 0 Å². The first-order valence-corrected chi connectivity index (χ1v) is 8.92. The number of carbonyl (C=O) groups excluding carboxylic acids is 3. The Labute approximate surface area is 158 Å². The molecule has 142 valence electrons. The first kappa shape index (κ1) is 20.2. The number of hydrogen-bond donors (Lipinski definition) is 2. The number of benzene rings is 2. The minimum atomic E-state index is -0.559. The van der Waals surface area contributed by atoms with E-state index in [0.717, 1.165) is 19.4 Å². The number of amides is 1. The monoisotopic (exact) mass is 368 g/mol. The number of anilines is 2. The molecule has 0 heterocycles. The summed E-state index contributed by atoms with van der Waals surface area (Å²) in [6.07, 6.45) is 2.04. The summed E-state index contributed by atoms with van der Waals surface area (Å²) in [4.78, 5) is 35.5. The molecule has 0 saturated carbocycles. The zero-order valence-corrected chi connectivity index (χ0v) is 15.6. The van der Waals surface area contributed by atoms with Crippen molar-refractivity contribution in [1.29, 1.82) is 0 Å². The fourth-order valence-corrected chi connectivity index (χ4v) is 2.41. The lowest BCUT2D eigenvalue weighted by molar-refractivity contribution is -0.119. The van der Waals surface area contributed by atoms with Gasteiger partial charge in [-0.25, -0.2) is 4.79 Å². The molecule has 6 nitrogen and oxygen atoms in total. The Morgan fingerprint density at radius 1 is 1.00 bits per heavy atom. The molecule has 0 unspecified atom stereocenters. The molecule has 0 aliphatic heterocycles. The molecular weight excluding hydrogens is 344 g/mol. The molecule has 0 aromatic heterocycles. The number of esters is 1. The number of unbranched alkanes of at least 4 members (excludes halogenated alkanes) is 1. The molecule has 2 aromatic rings. The van der Waals surface area contributed by atoms with Gasteiger partial charge in [-0.3, -0.25) is 9.59 Å². The summed E-state index contributed by atoms with van der Waals surface area (Å²) in [7, 11) is 0. The van der Waals surface area contributed by atoms with E-state index in [-0.39, 0.29) is 5.78 Å². The number of nitrogens with one attached hydrogen (secondary N) is 2. The predicted molar refractivity (Wildman–Crippen MR) is 105 cm³/mol. The Balaban J connectivity index is 1.89. The van der Waals surface area contributed by atoms with E-state index in [2.05, 4.69) is 17.6 Å². The average Bonchev–Trinajstić information content (AvgIpc) is 2.67. The molecule has 2 rings (SSSR count). The Morgan fingerprint density at radius 3 is 2.37 bits per heavy atom. The molecule has 0 radical (unpaired) electrons. The van der Waals surface area contributed by atoms with Gasteiger partial charge in [0, 0.05) is 23.5 Å². The largest absolute Gasteiger partial charge is 0.452 e. The van der Waals surface area contributed by atoms with Crippen LogP contribution in [-0.4, -0.2) is 30.8 Å². The van der Waals surface area contributed by atoms with E-state index in [4.69, 9.17) is 4.74 Å². The second-order valence-electron chi connectivity index (χ2n) is 6.08. The lowest BCUT2D eigenvalue weighted by Gasteiger charge is -2.11. The first-order chi connectivity index (χ1) is 13.0. The van der Waals surface area contributed by atoms with E-state index < -0.39 is 18.5 Å². The van der Waals surface area contributed by atoms with E-state index in [1.54, 1.807) is 36.4 Å². The fraction of sp³-hybridized carbons (Fsp3) is 0.286. The van der Waals surface area contributed by atoms with Crippen LogP contribution < -0.4 is 10.6 Å². The lowest BCUT2D eigenvalue weighted by atomic mass is 10.1. The Bertz CT molecular complexity index is 800. The van der Waals surface area contributed by atoms with Gasteiger partial charge < -0.3 is 15.4 Å². The average molecular weight is 368 g/mol. The van der Waals surface area contributed by atoms with Crippen LogP contribution in [0.15, 0.2) is 48.5 Å². The van der Waals surface area contributed by atoms with E-state index in [9.17, 15) is 14.4 Å². The fourth-order valence-electron chi connectivity index (χ4n) is 2.41. The molecule has 0 aliphatic rings. The van der Waals surface area contributed by atoms with Gasteiger partial charge in [0.2, 0.25) is 0 Å². The van der Waals surface area contributed by atoms with Crippen LogP contribution >= 0.6 is 0 Å². The Morgan fingerprint density at radius 2 is 1.70 bits per heavy atom. The van der Waals surface area contributed by atoms with E-state index in [1.807, 2.05) is 12.1 Å². The Hall–Kier alpha value is -3.15. The van der Waals surface area contributed by atoms with Gasteiger partial charge in [-0.05, 0) is 49.7 Å². The van der Waals surface area contributed by atoms with Crippen molar-refractivity contribution in [2.24, 2.45) is 0 Å². The number of Topliss-reactive ketones (excluding diaryl/α,β-unsaturated/α-hetero) is 1. The molecule has 0 aliphatic carbocycles. The van der Waals surface area contributed by atoms with Crippen molar-refractivity contribution in [2.75, 3.05) is 23.8 Å². The maximum Gasteiger partial charge on any atom is 0.340 e. The molecule has 1 amide bonds. The van der Waals surface area contributed by atoms with Crippen LogP contribution in [-0.2, 0) is 9.53 Å². The van der Waals surface area contributed by atoms with E-state index >= 15 is 0 Å². The zero-order valence-electron chi connectivity index (χ0n) is 15.6. The molecular formula is C21H24N2O4. The molecule has 6 heteroatoms. The highest BCUT2D eigenvalue weighted by atomic mass is 16.5. The van der Waals surface area contributed by atoms with Crippen molar-refractivity contribution in [2.45, 2.75) is 26.7 Å². The summed E-state index contributed by atoms with van der Waals surface area (Å²) in [5, 5.41) is 5.84. The molecule has 0 atom stereocenters. The summed E-state index contributed by atoms with van der Waals surface area (Å²) in [6, 6.07) is 13.6. The second-order valence-corrected chi connectivity index (χ2v) is 6.08. The highest BCUT2D eigenvalue weighted by Crippen LogP contribution is 2.16. The minimum absolute atomic E-state index is 0.0481. The summed E-state index contributed by atoms with van der Waals surface area (Å²) in [6.45, 7) is 3.93. The molecule has 2 N–H and O–H groups in total. The summed E-state index contributed by atoms with van der Waals surface area (Å²) in [5.41, 5.74) is 2.18. The molecule has 0 bridgehead atoms. The standard InChI is InChI=1S/C21H24N2O4/c1-3-4-13-22-19-8-6-5-7-18(19)21(26)27-14-20(25)23-17-11-9-16(10-12-17)15(2)24/h5-12,22H,3-4,13-14H2,1-2H3,(H,23,25). The Kier molecular flexibility index (Phi) is 7.55. The highest BCUT2D eigenvalue weighted by molar-refractivity contribution is 5.99. The van der Waals surface area contributed by atoms with Crippen LogP contribution in [0.4, 0.5) is 11.4 Å². The van der Waals surface area contributed by atoms with Crippen molar-refractivity contribution in [3.63, 3.8) is 0 Å². The third kappa shape index (κ3) is 6.26. The summed E-state index contributed by atoms with van der Waals surface area (Å²) < 4.78 is 5.13. The maximum atomic E-state index is 12.3. The summed E-state index contributed by atoms with van der Waals surface area (Å²) >= 11 is 0. The number of ether oxygens (including phenoxy) is 1. The van der Waals surface area contributed by atoms with E-state index in [0.29, 0.717) is 22.5 Å². The third-order valence-electron chi connectivity index (χ3n) is 3.90. The van der Waals surface area contributed by atoms with Crippen LogP contribution in [0, 0.1) is 0 Å². The van der Waals surface area contributed by atoms with Crippen molar-refractivity contribution in [3.05, 3.63) is 59.7 Å². The van der Waals surface area contributed by atoms with Crippen LogP contribution in [0.5, 0.6) is 0 Å². The number of carbonyl (C=O) groups is 3. The lowest BCUT2D eigenvalue weighted by Crippen LogP contribution is -2.21. The number of hydrogen-bond acceptors (Lipinski definition) is 5. The number of ketones is 1. The molecule has 27 heavy (non-hydrogen) atoms. The van der Waals surface area contributed by atoms with Crippen LogP contribution in [0.25, 0.3) is 0 Å². The van der Waals surface area contributed by atoms with Crippen molar-refractivity contribution in [3.8, 4) is 0 Å². The third-order valence-corrected chi connectivity index (χ3v) is 3.90. The smallest absolute Gasteiger partial charge is 0.340 e. The van der Waals surface area contributed by atoms with Crippen molar-refractivity contribution < 1.29 is 19.1 Å². The van der Waals surface area contributed by atoms with Gasteiger partial charge in [0.1, 0.15) is 0 Å². The number of rotatable bonds is 9. The number of para-hydroxylation sites is 1. The van der Waals surface area contributed by atoms with Crippen LogP contribution in [0.3, 0.4) is 0 Å². The van der Waals surface area contributed by atoms with Gasteiger partial charge in [-0.15, -0.1) is 0 Å². The zero-order chi connectivity index (χ0) is 19.6. The van der Waals surface area contributed by atoms with Gasteiger partial charge in [-0.2, -0.15) is 0 Å². The minimum Gasteiger partial charge on any atom is -0.452 e. The first-order valence-electron chi connectivity index (χ1n) is 8.92. The van der Waals surface area contributed by atoms with Gasteiger partial charge in [0.15, 0.2) is 12.4 Å². The van der Waals surface area contributed by atoms with Gasteiger partial charge in [0.05, 0.1) is 5.56 Å². The molecule has 0 fully saturated rings. The van der Waals surface area contributed by atoms with E-state index in [1.165, 1.54) is 6.92 Å². The highest BCUT2D eigenvalue weighted by Gasteiger charge is 2.14. The normalized spacial score (nSPS) is 10.1. The van der Waals surface area contributed by atoms with Crippen molar-refractivity contribution >= 4 is 29.0 Å². The molecule has 2 aromatic carbocycles. The predicted octanol–water partition coefficient (Wildman–Crippen LogP) is 3.90. The molecule has 0 spiro atoms. The van der Waals surface area contributed by atoms with Crippen molar-refractivity contribution in [1.82, 2.24) is 0 Å².